The van der Waals surface area contributed by atoms with Crippen LogP contribution >= 0.6 is 0 Å². The van der Waals surface area contributed by atoms with Crippen LogP contribution in [0.15, 0.2) is 73.0 Å². The van der Waals surface area contributed by atoms with E-state index >= 15 is 0 Å². The molecule has 3 aromatic rings. The number of aromatic amines is 1. The van der Waals surface area contributed by atoms with E-state index < -0.39 is 0 Å². The van der Waals surface area contributed by atoms with Crippen LogP contribution in [0.25, 0.3) is 22.4 Å². The minimum atomic E-state index is 0.377. The second-order valence-corrected chi connectivity index (χ2v) is 6.92. The van der Waals surface area contributed by atoms with Gasteiger partial charge in [0.2, 0.25) is 0 Å². The molecule has 1 heterocycles. The van der Waals surface area contributed by atoms with Gasteiger partial charge in [-0.3, -0.25) is 0 Å². The van der Waals surface area contributed by atoms with Crippen molar-refractivity contribution < 1.29 is 0 Å². The highest BCUT2D eigenvalue weighted by Crippen LogP contribution is 2.47. The highest BCUT2D eigenvalue weighted by atomic mass is 14.7. The Bertz CT molecular complexity index is 991. The smallest absolute Gasteiger partial charge is 0.0460 e. The van der Waals surface area contributed by atoms with Crippen molar-refractivity contribution in [2.45, 2.75) is 25.7 Å². The number of fused-ring (bicyclic) bond motifs is 3. The second kappa shape index (κ2) is 5.63. The molecule has 1 heteroatoms. The van der Waals surface area contributed by atoms with Gasteiger partial charge in [-0.05, 0) is 58.4 Å². The number of aromatic nitrogens is 1. The lowest BCUT2D eigenvalue weighted by Crippen LogP contribution is -2.04. The van der Waals surface area contributed by atoms with E-state index in [0.717, 1.165) is 12.8 Å². The van der Waals surface area contributed by atoms with E-state index in [1.165, 1.54) is 44.6 Å². The van der Waals surface area contributed by atoms with Crippen LogP contribution in [0.2, 0.25) is 0 Å². The summed E-state index contributed by atoms with van der Waals surface area (Å²) in [6.45, 7) is 2.27. The van der Waals surface area contributed by atoms with E-state index in [0.29, 0.717) is 5.92 Å². The minimum absolute atomic E-state index is 0.377. The number of hydrogen-bond donors (Lipinski definition) is 1. The van der Waals surface area contributed by atoms with Crippen LogP contribution < -0.4 is 0 Å². The minimum Gasteiger partial charge on any atom is -0.361 e. The summed E-state index contributed by atoms with van der Waals surface area (Å²) in [5.74, 6) is 0.377. The molecule has 0 aliphatic heterocycles. The molecule has 1 aromatic heterocycles. The third-order valence-corrected chi connectivity index (χ3v) is 5.57. The molecule has 0 radical (unpaired) electrons. The molecule has 0 fully saturated rings. The maximum Gasteiger partial charge on any atom is 0.0460 e. The molecule has 2 aliphatic carbocycles. The molecule has 25 heavy (non-hydrogen) atoms. The summed E-state index contributed by atoms with van der Waals surface area (Å²) in [5, 5.41) is 0. The summed E-state index contributed by atoms with van der Waals surface area (Å²) in [6, 6.07) is 15.6. The Morgan fingerprint density at radius 3 is 2.60 bits per heavy atom. The maximum atomic E-state index is 3.48. The molecule has 1 N–H and O–H groups in total. The monoisotopic (exact) mass is 323 g/mol. The van der Waals surface area contributed by atoms with Crippen LogP contribution in [0.1, 0.15) is 35.1 Å². The predicted molar refractivity (Wildman–Crippen MR) is 105 cm³/mol. The Labute approximate surface area is 148 Å². The number of nitrogens with one attached hydrogen (secondary N) is 1. The van der Waals surface area contributed by atoms with Crippen molar-refractivity contribution in [2.24, 2.45) is 0 Å². The van der Waals surface area contributed by atoms with Crippen LogP contribution in [-0.4, -0.2) is 4.98 Å². The first kappa shape index (κ1) is 14.5. The van der Waals surface area contributed by atoms with Crippen molar-refractivity contribution in [3.8, 4) is 22.4 Å². The first-order chi connectivity index (χ1) is 12.4. The zero-order valence-electron chi connectivity index (χ0n) is 14.4. The Kier molecular flexibility index (Phi) is 3.27. The van der Waals surface area contributed by atoms with Gasteiger partial charge in [-0.2, -0.15) is 0 Å². The quantitative estimate of drug-likeness (QED) is 0.474. The highest BCUT2D eigenvalue weighted by Gasteiger charge is 2.28. The average Bonchev–Trinajstić information content (AvgIpc) is 3.39. The molecule has 2 aliphatic rings. The van der Waals surface area contributed by atoms with Gasteiger partial charge >= 0.3 is 0 Å². The fraction of sp³-hybridized carbons (Fsp3) is 0.167. The molecule has 0 amide bonds. The van der Waals surface area contributed by atoms with Crippen molar-refractivity contribution in [2.75, 3.05) is 0 Å². The zero-order valence-corrected chi connectivity index (χ0v) is 14.4. The molecule has 0 spiro atoms. The van der Waals surface area contributed by atoms with E-state index in [-0.39, 0.29) is 0 Å². The Morgan fingerprint density at radius 2 is 1.84 bits per heavy atom. The number of benzene rings is 2. The van der Waals surface area contributed by atoms with Crippen LogP contribution in [0.4, 0.5) is 0 Å². The van der Waals surface area contributed by atoms with Crippen LogP contribution in [0.5, 0.6) is 0 Å². The van der Waals surface area contributed by atoms with Gasteiger partial charge in [0.05, 0.1) is 0 Å². The van der Waals surface area contributed by atoms with Crippen molar-refractivity contribution >= 4 is 0 Å². The maximum absolute atomic E-state index is 3.48. The fourth-order valence-electron chi connectivity index (χ4n) is 4.44. The van der Waals surface area contributed by atoms with Gasteiger partial charge in [0.15, 0.2) is 0 Å². The molecule has 1 nitrogen and oxygen atoms in total. The lowest BCUT2D eigenvalue weighted by atomic mass is 9.83. The summed E-state index contributed by atoms with van der Waals surface area (Å²) in [7, 11) is 0. The van der Waals surface area contributed by atoms with E-state index in [1.807, 2.05) is 6.20 Å². The first-order valence-electron chi connectivity index (χ1n) is 9.12. The normalized spacial score (nSPS) is 14.9. The molecule has 0 saturated carbocycles. The van der Waals surface area contributed by atoms with E-state index in [1.54, 1.807) is 0 Å². The Balaban J connectivity index is 1.85. The van der Waals surface area contributed by atoms with Crippen LogP contribution in [0, 0.1) is 0 Å². The van der Waals surface area contributed by atoms with E-state index in [4.69, 9.17) is 0 Å². The highest BCUT2D eigenvalue weighted by molar-refractivity contribution is 5.87. The summed E-state index contributed by atoms with van der Waals surface area (Å²) in [6.07, 6.45) is 13.1. The molecular weight excluding hydrogens is 302 g/mol. The Morgan fingerprint density at radius 1 is 1.00 bits per heavy atom. The Hall–Kier alpha value is -2.80. The summed E-state index contributed by atoms with van der Waals surface area (Å²) < 4.78 is 0. The third-order valence-electron chi connectivity index (χ3n) is 5.57. The first-order valence-corrected chi connectivity index (χ1v) is 9.12. The molecule has 0 bridgehead atoms. The predicted octanol–water partition coefficient (Wildman–Crippen LogP) is 6.02. The van der Waals surface area contributed by atoms with E-state index in [2.05, 4.69) is 78.7 Å². The second-order valence-electron chi connectivity index (χ2n) is 6.92. The molecule has 0 atom stereocenters. The van der Waals surface area contributed by atoms with Gasteiger partial charge in [-0.1, -0.05) is 61.6 Å². The number of allylic oxidation sites excluding steroid dienone is 4. The van der Waals surface area contributed by atoms with Gasteiger partial charge < -0.3 is 4.98 Å². The van der Waals surface area contributed by atoms with E-state index in [9.17, 15) is 0 Å². The molecule has 2 aromatic carbocycles. The zero-order chi connectivity index (χ0) is 16.8. The standard InChI is InChI=1S/C24H21N/c1-2-16-14-20-19-11-6-5-10-18(19)15-21(20)24(22-12-7-13-25-22)23(16)17-8-3-4-9-17/h3-14,17,25H,2,15H2,1H3. The van der Waals surface area contributed by atoms with Gasteiger partial charge in [0.25, 0.3) is 0 Å². The molecule has 5 rings (SSSR count). The SMILES string of the molecule is CCc1cc2c(c(-c3ccc[nH]3)c1C1C=CC=C1)Cc1ccccc1-2. The number of hydrogen-bond acceptors (Lipinski definition) is 0. The lowest BCUT2D eigenvalue weighted by Gasteiger charge is -2.21. The molecular formula is C24H21N. The topological polar surface area (TPSA) is 15.8 Å². The molecule has 122 valence electrons. The van der Waals surface area contributed by atoms with Crippen molar-refractivity contribution in [1.29, 1.82) is 0 Å². The number of aryl methyl sites for hydroxylation is 1. The third kappa shape index (κ3) is 2.16. The van der Waals surface area contributed by atoms with Crippen molar-refractivity contribution in [3.05, 3.63) is 95.2 Å². The van der Waals surface area contributed by atoms with Crippen LogP contribution in [0.3, 0.4) is 0 Å². The summed E-state index contributed by atoms with van der Waals surface area (Å²) >= 11 is 0. The fourth-order valence-corrected chi connectivity index (χ4v) is 4.44. The summed E-state index contributed by atoms with van der Waals surface area (Å²) in [5.41, 5.74) is 11.3. The lowest BCUT2D eigenvalue weighted by molar-refractivity contribution is 1.01. The van der Waals surface area contributed by atoms with Crippen molar-refractivity contribution in [1.82, 2.24) is 4.98 Å². The van der Waals surface area contributed by atoms with Gasteiger partial charge in [-0.15, -0.1) is 0 Å². The largest absolute Gasteiger partial charge is 0.361 e. The number of rotatable bonds is 3. The van der Waals surface area contributed by atoms with Gasteiger partial charge in [-0.25, -0.2) is 0 Å². The van der Waals surface area contributed by atoms with Gasteiger partial charge in [0.1, 0.15) is 0 Å². The molecule has 0 saturated heterocycles. The summed E-state index contributed by atoms with van der Waals surface area (Å²) in [4.78, 5) is 3.48. The van der Waals surface area contributed by atoms with Gasteiger partial charge in [0, 0.05) is 23.4 Å². The van der Waals surface area contributed by atoms with Crippen LogP contribution in [-0.2, 0) is 12.8 Å². The molecule has 0 unspecified atom stereocenters. The average molecular weight is 323 g/mol. The van der Waals surface area contributed by atoms with Crippen molar-refractivity contribution in [3.63, 3.8) is 0 Å². The number of H-pyrrole nitrogens is 1.